The summed E-state index contributed by atoms with van der Waals surface area (Å²) in [6.45, 7) is 15.2. The van der Waals surface area contributed by atoms with Gasteiger partial charge >= 0.3 is 37.9 Å². The van der Waals surface area contributed by atoms with Gasteiger partial charge in [0.2, 0.25) is 5.56 Å². The van der Waals surface area contributed by atoms with Crippen LogP contribution in [-0.2, 0) is 69.4 Å². The van der Waals surface area contributed by atoms with Crippen molar-refractivity contribution >= 4 is 116 Å². The molecule has 3 N–H and O–H groups in total. The van der Waals surface area contributed by atoms with Crippen molar-refractivity contribution in [3.63, 3.8) is 0 Å². The van der Waals surface area contributed by atoms with E-state index in [4.69, 9.17) is 61.4 Å². The van der Waals surface area contributed by atoms with Crippen molar-refractivity contribution in [3.8, 4) is 0 Å². The van der Waals surface area contributed by atoms with Crippen LogP contribution in [0.15, 0.2) is 239 Å². The first-order chi connectivity index (χ1) is 59.1. The molecule has 9 heterocycles. The molecular weight excluding hydrogens is 1800 g/mol. The average molecular weight is 1890 g/mol. The van der Waals surface area contributed by atoms with Crippen LogP contribution in [0, 0.1) is 43.5 Å². The molecular formula is C88H86BBrCl4F4LiN11O17. The van der Waals surface area contributed by atoms with E-state index < -0.39 is 51.9 Å². The fourth-order valence-electron chi connectivity index (χ4n) is 10.8. The Bertz CT molecular complexity index is 5870. The number of nitrogen functional groups attached to an aromatic ring is 1. The second-order valence-electron chi connectivity index (χ2n) is 27.6. The minimum atomic E-state index is -1.32. The number of aromatic amines is 1. The number of pyridine rings is 8. The number of ketones is 1. The first-order valence-corrected chi connectivity index (χ1v) is 40.0. The molecule has 1 saturated heterocycles. The molecule has 1 fully saturated rings. The molecule has 0 unspecified atom stereocenters. The molecule has 0 atom stereocenters. The van der Waals surface area contributed by atoms with Gasteiger partial charge in [-0.15, -0.1) is 0 Å². The van der Waals surface area contributed by atoms with Crippen LogP contribution in [0.2, 0.25) is 20.1 Å². The second-order valence-corrected chi connectivity index (χ2v) is 29.9. The summed E-state index contributed by atoms with van der Waals surface area (Å²) in [4.78, 5) is 127. The van der Waals surface area contributed by atoms with Crippen molar-refractivity contribution in [1.82, 2.24) is 38.6 Å². The molecule has 0 aliphatic carbocycles. The largest absolute Gasteiger partial charge is 1.00 e. The molecule has 39 heteroatoms. The Hall–Kier alpha value is -12.1. The Morgan fingerprint density at radius 2 is 0.850 bits per heavy atom. The van der Waals surface area contributed by atoms with E-state index in [0.717, 1.165) is 62.7 Å². The monoisotopic (exact) mass is 1880 g/mol. The van der Waals surface area contributed by atoms with E-state index >= 15 is 0 Å². The summed E-state index contributed by atoms with van der Waals surface area (Å²) in [5.41, 5.74) is 12.3. The summed E-state index contributed by atoms with van der Waals surface area (Å²) < 4.78 is 77.6. The quantitative estimate of drug-likeness (QED) is 0.0144. The molecule has 4 aromatic carbocycles. The molecule has 127 heavy (non-hydrogen) atoms. The number of H-pyrrole nitrogens is 1. The smallest absolute Gasteiger partial charge is 0.543 e. The fourth-order valence-corrected chi connectivity index (χ4v) is 12.1. The Morgan fingerprint density at radius 1 is 0.488 bits per heavy atom. The number of aromatic carboxylic acids is 1. The van der Waals surface area contributed by atoms with Gasteiger partial charge in [-0.25, -0.2) is 37.1 Å². The number of alkyl halides is 1. The first kappa shape index (κ1) is 107. The van der Waals surface area contributed by atoms with Gasteiger partial charge in [0.05, 0.1) is 59.3 Å². The summed E-state index contributed by atoms with van der Waals surface area (Å²) in [5.74, 6) is -3.85. The van der Waals surface area contributed by atoms with Gasteiger partial charge in [-0.1, -0.05) is 100 Å². The standard InChI is InChI=1S/C21H18ClFN2O2.C14H11ClFNO2.C13H18BNO4.C13H9ClFNO2.C7H5BrClF.C7H8N2O3.C7H10N2O.C5H4N2O3.CH4.Li/c1-2-25-13-15(4-6-21(25)27)10-20(26)19-5-3-14(12-24-19)7-16-8-17(22)11-18(23)9-16;1-19-14(18)13-3-2-9(8-17-13)4-10-5-11(15)7-12(16)6-10;1-12(2)13(3,4)19-14(18-12)9-6-7-10(15-8-9)11(16)17-5;14-10-4-9(5-11(15)6-10)3-8-1-2-12(13(17)18)16-7-8;8-4-5-1-6(9)3-7(10)2-5;1-2-8-5-6(9(11)12)3-4-7(8)10;1-2-9-5-6(8)3-4-7(9)10;8-5-2-1-4(3-6-5)7(9)10;;/h3-6,8-9,11-13H,2,7,10H2,1H3;2-3,5-8H,4H2,1H3;6-8H,1-5H3;1-2,4-7H,3H2,(H,17,18);1-3H,4H2;3-5H,2H2,1H3;3-5H,2,8H2,1H3;1-3H,(H,6,8);1H4;/q;;;;;;;;;+1/p-1. The number of nitrogens with zero attached hydrogens (tertiary/aromatic N) is 9. The maximum Gasteiger partial charge on any atom is 1.00 e. The maximum absolute atomic E-state index is 13.4. The third-order valence-electron chi connectivity index (χ3n) is 17.7. The number of Topliss-reactive ketones (excluding diaryl/α,β-unsaturated/α-hetero) is 1. The van der Waals surface area contributed by atoms with Crippen LogP contribution in [-0.4, -0.2) is 105 Å². The zero-order valence-electron chi connectivity index (χ0n) is 69.5. The number of aromatic nitrogens is 8. The van der Waals surface area contributed by atoms with Crippen molar-refractivity contribution in [3.05, 3.63) is 392 Å². The topological polar surface area (TPSA) is 391 Å². The summed E-state index contributed by atoms with van der Waals surface area (Å²) in [6, 6.07) is 41.4. The number of methoxy groups -OCH3 is 2. The van der Waals surface area contributed by atoms with Crippen molar-refractivity contribution in [2.75, 3.05) is 20.0 Å². The summed E-state index contributed by atoms with van der Waals surface area (Å²) in [7, 11) is 2.16. The van der Waals surface area contributed by atoms with Crippen LogP contribution in [0.25, 0.3) is 0 Å². The van der Waals surface area contributed by atoms with Crippen molar-refractivity contribution in [2.45, 2.75) is 118 Å². The van der Waals surface area contributed by atoms with Crippen LogP contribution in [0.1, 0.15) is 142 Å². The number of carbonyl (C=O) groups excluding carboxylic acids is 4. The molecule has 0 spiro atoms. The van der Waals surface area contributed by atoms with Crippen molar-refractivity contribution in [2.24, 2.45) is 0 Å². The number of ether oxygens (including phenoxy) is 2. The number of nitrogens with one attached hydrogen (secondary N) is 1. The number of nitrogens with two attached hydrogens (primary N) is 1. The molecule has 13 rings (SSSR count). The number of aryl methyl sites for hydroxylation is 3. The summed E-state index contributed by atoms with van der Waals surface area (Å²) in [5, 5.41) is 32.9. The number of carboxylic acids is 1. The third-order valence-corrected chi connectivity index (χ3v) is 19.3. The van der Waals surface area contributed by atoms with Crippen molar-refractivity contribution in [1.29, 1.82) is 0 Å². The van der Waals surface area contributed by atoms with Gasteiger partial charge in [-0.2, -0.15) is 0 Å². The van der Waals surface area contributed by atoms with Crippen LogP contribution >= 0.6 is 62.3 Å². The molecule has 662 valence electrons. The van der Waals surface area contributed by atoms with Gasteiger partial charge in [0.1, 0.15) is 40.4 Å². The zero-order chi connectivity index (χ0) is 92.4. The van der Waals surface area contributed by atoms with Crippen molar-refractivity contribution < 1.29 is 89.3 Å². The normalized spacial score (nSPS) is 11.5. The Kier molecular flexibility index (Phi) is 44.0. The fraction of sp³-hybridized carbons (Fsp3) is 0.227. The second kappa shape index (κ2) is 52.1. The molecule has 1 aliphatic rings. The number of nitro groups is 2. The van der Waals surface area contributed by atoms with Crippen LogP contribution in [0.3, 0.4) is 0 Å². The van der Waals surface area contributed by atoms with E-state index in [1.807, 2.05) is 41.5 Å². The molecule has 12 aromatic rings. The van der Waals surface area contributed by atoms with Gasteiger partial charge < -0.3 is 53.1 Å². The van der Waals surface area contributed by atoms with E-state index in [1.54, 1.807) is 126 Å². The summed E-state index contributed by atoms with van der Waals surface area (Å²) >= 11 is 26.2. The molecule has 0 amide bonds. The number of carboxylic acid groups (broad SMARTS) is 1. The minimum Gasteiger partial charge on any atom is -0.543 e. The number of hydrogen-bond donors (Lipinski definition) is 2. The summed E-state index contributed by atoms with van der Waals surface area (Å²) in [6.07, 6.45) is 13.4. The van der Waals surface area contributed by atoms with Crippen LogP contribution in [0.5, 0.6) is 0 Å². The Morgan fingerprint density at radius 3 is 1.20 bits per heavy atom. The number of esters is 2. The van der Waals surface area contributed by atoms with Gasteiger partial charge in [0.25, 0.3) is 28.1 Å². The molecule has 28 nitrogen and oxygen atoms in total. The molecule has 0 radical (unpaired) electrons. The van der Waals surface area contributed by atoms with E-state index in [-0.39, 0.29) is 107 Å². The van der Waals surface area contributed by atoms with E-state index in [9.17, 15) is 81.3 Å². The van der Waals surface area contributed by atoms with E-state index in [0.29, 0.717) is 81.3 Å². The van der Waals surface area contributed by atoms with E-state index in [1.165, 1.54) is 110 Å². The van der Waals surface area contributed by atoms with Gasteiger partial charge in [-0.3, -0.25) is 54.2 Å². The predicted octanol–water partition coefficient (Wildman–Crippen LogP) is 12.8. The van der Waals surface area contributed by atoms with Gasteiger partial charge in [-0.05, 0) is 215 Å². The number of anilines is 1. The molecule has 0 bridgehead atoms. The Balaban J connectivity index is 0.000000311. The van der Waals surface area contributed by atoms with Crippen LogP contribution < -0.4 is 57.4 Å². The molecule has 8 aromatic heterocycles. The molecule has 0 saturated carbocycles. The number of benzene rings is 4. The molecule has 1 aliphatic heterocycles. The number of halogens is 9. The van der Waals surface area contributed by atoms with E-state index in [2.05, 4.69) is 50.3 Å². The van der Waals surface area contributed by atoms with Gasteiger partial charge in [0.15, 0.2) is 5.78 Å². The van der Waals surface area contributed by atoms with Crippen LogP contribution in [0.4, 0.5) is 34.6 Å². The predicted molar refractivity (Wildman–Crippen MR) is 475 cm³/mol. The minimum absolute atomic E-state index is 0. The number of carbonyl (C=O) groups is 4. The maximum atomic E-state index is 13.4. The first-order valence-electron chi connectivity index (χ1n) is 37.4. The average Bonchev–Trinajstić information content (AvgIpc) is 1.62. The zero-order valence-corrected chi connectivity index (χ0v) is 74.1. The van der Waals surface area contributed by atoms with Gasteiger partial charge in [0, 0.05) is 136 Å². The number of rotatable bonds is 19. The third kappa shape index (κ3) is 35.7. The SMILES string of the molecule is C.CCn1cc(CC(=O)c2ccc(Cc3cc(F)cc(Cl)c3)cn2)ccc1=O.CCn1cc(N)ccc1=O.CCn1cc([N+](=O)[O-])ccc1=O.COC(=O)c1ccc(B2OC(C)(C)C(C)(C)O2)cn1.COC(=O)c1ccc(Cc2cc(F)cc(Cl)c2)cn1.Fc1cc(Cl)cc(CBr)c1.O=C([O-])c1ccc(Cc2cc(F)cc(Cl)c2)cn1.O=c1ccc([N+](=O)[O-])c[nH]1.[Li+]. The Labute approximate surface area is 767 Å². The number of hydrogen-bond acceptors (Lipinski definition) is 22.